The number of nitro groups is 1. The summed E-state index contributed by atoms with van der Waals surface area (Å²) in [6, 6.07) is 9.14. The largest absolute Gasteiger partial charge is 0.433 e. The Kier molecular flexibility index (Phi) is 4.94. The van der Waals surface area contributed by atoms with Gasteiger partial charge in [-0.2, -0.15) is 8.42 Å². The van der Waals surface area contributed by atoms with Crippen molar-refractivity contribution in [3.05, 3.63) is 52.3 Å². The second kappa shape index (κ2) is 7.44. The number of guanidine groups is 1. The number of piperazine rings is 1. The number of carbonyl (C=O) groups is 1. The highest BCUT2D eigenvalue weighted by Gasteiger charge is 2.35. The number of amides is 1. The average molecular weight is 433 g/mol. The molecule has 2 aliphatic rings. The van der Waals surface area contributed by atoms with Crippen molar-refractivity contribution in [2.75, 3.05) is 37.6 Å². The Hall–Kier alpha value is -3.41. The van der Waals surface area contributed by atoms with Gasteiger partial charge in [0, 0.05) is 32.7 Å². The van der Waals surface area contributed by atoms with Crippen LogP contribution < -0.4 is 4.90 Å². The van der Waals surface area contributed by atoms with Gasteiger partial charge in [0.2, 0.25) is 5.96 Å². The molecule has 2 aliphatic heterocycles. The Morgan fingerprint density at radius 3 is 2.50 bits per heavy atom. The maximum atomic E-state index is 12.6. The van der Waals surface area contributed by atoms with Gasteiger partial charge in [-0.15, -0.1) is 4.40 Å². The summed E-state index contributed by atoms with van der Waals surface area (Å²) < 4.78 is 34.3. The number of fused-ring (bicyclic) bond motifs is 1. The molecule has 11 nitrogen and oxygen atoms in total. The van der Waals surface area contributed by atoms with E-state index in [-0.39, 0.29) is 10.7 Å². The second-order valence-electron chi connectivity index (χ2n) is 6.75. The van der Waals surface area contributed by atoms with Crippen LogP contribution in [0, 0.1) is 10.1 Å². The quantitative estimate of drug-likeness (QED) is 0.526. The third kappa shape index (κ3) is 3.38. The maximum absolute atomic E-state index is 12.6. The molecule has 0 atom stereocenters. The summed E-state index contributed by atoms with van der Waals surface area (Å²) in [6.45, 7) is 3.76. The Balaban J connectivity index is 1.51. The number of sulfonamides is 1. The molecule has 0 unspecified atom stereocenters. The van der Waals surface area contributed by atoms with Gasteiger partial charge in [-0.3, -0.25) is 14.9 Å². The van der Waals surface area contributed by atoms with Crippen LogP contribution in [0.1, 0.15) is 17.5 Å². The molecule has 0 spiro atoms. The van der Waals surface area contributed by atoms with Crippen molar-refractivity contribution < 1.29 is 22.6 Å². The maximum Gasteiger partial charge on any atom is 0.433 e. The molecule has 2 aromatic rings. The highest BCUT2D eigenvalue weighted by Crippen LogP contribution is 2.32. The van der Waals surface area contributed by atoms with E-state index in [1.165, 1.54) is 17.0 Å². The number of nitrogens with zero attached hydrogens (tertiary/aromatic N) is 5. The van der Waals surface area contributed by atoms with Crippen LogP contribution in [-0.4, -0.2) is 67.7 Å². The molecule has 1 aromatic heterocycles. The van der Waals surface area contributed by atoms with Crippen LogP contribution >= 0.6 is 0 Å². The summed E-state index contributed by atoms with van der Waals surface area (Å²) in [5, 5.41) is 10.7. The van der Waals surface area contributed by atoms with Gasteiger partial charge >= 0.3 is 5.88 Å². The van der Waals surface area contributed by atoms with Gasteiger partial charge in [0.1, 0.15) is 9.82 Å². The molecular weight excluding hydrogens is 414 g/mol. The van der Waals surface area contributed by atoms with Crippen LogP contribution in [-0.2, 0) is 10.0 Å². The Morgan fingerprint density at radius 1 is 1.17 bits per heavy atom. The van der Waals surface area contributed by atoms with Gasteiger partial charge in [0.25, 0.3) is 15.9 Å². The molecule has 1 amide bonds. The molecule has 0 radical (unpaired) electrons. The van der Waals surface area contributed by atoms with Gasteiger partial charge in [0.05, 0.1) is 11.8 Å². The third-order valence-corrected chi connectivity index (χ3v) is 6.33. The fourth-order valence-electron chi connectivity index (χ4n) is 3.56. The number of rotatable bonds is 3. The first-order valence-electron chi connectivity index (χ1n) is 9.32. The zero-order valence-electron chi connectivity index (χ0n) is 16.1. The molecule has 0 saturated carbocycles. The van der Waals surface area contributed by atoms with E-state index in [0.717, 1.165) is 6.07 Å². The molecule has 1 aromatic carbocycles. The van der Waals surface area contributed by atoms with Crippen LogP contribution in [0.2, 0.25) is 0 Å². The van der Waals surface area contributed by atoms with E-state index >= 15 is 0 Å². The minimum atomic E-state index is -3.82. The van der Waals surface area contributed by atoms with Crippen molar-refractivity contribution in [2.24, 2.45) is 4.40 Å². The minimum Gasteiger partial charge on any atom is -0.395 e. The van der Waals surface area contributed by atoms with Crippen molar-refractivity contribution >= 4 is 33.5 Å². The smallest absolute Gasteiger partial charge is 0.395 e. The van der Waals surface area contributed by atoms with Gasteiger partial charge in [-0.25, -0.2) is 0 Å². The SMILES string of the molecule is CCN1C(N2CCN(C(=O)c3ccc([N+](=O)[O-])o3)CC2)=NS(=O)(=O)c2ccccc21. The predicted molar refractivity (Wildman–Crippen MR) is 107 cm³/mol. The lowest BCUT2D eigenvalue weighted by molar-refractivity contribution is -0.402. The normalized spacial score (nSPS) is 18.0. The number of benzene rings is 1. The van der Waals surface area contributed by atoms with Crippen molar-refractivity contribution in [1.82, 2.24) is 9.80 Å². The standard InChI is InChI=1S/C18H19N5O6S/c1-2-22-13-5-3-4-6-15(13)30(27,28)19-18(22)21-11-9-20(10-12-21)17(24)14-7-8-16(29-14)23(25)26/h3-8H,2,9-12H2,1H3. The third-order valence-electron chi connectivity index (χ3n) is 5.03. The van der Waals surface area contributed by atoms with Crippen molar-refractivity contribution in [3.8, 4) is 0 Å². The van der Waals surface area contributed by atoms with Crippen LogP contribution in [0.15, 0.2) is 50.1 Å². The number of para-hydroxylation sites is 1. The highest BCUT2D eigenvalue weighted by molar-refractivity contribution is 7.90. The Labute approximate surface area is 172 Å². The van der Waals surface area contributed by atoms with Crippen molar-refractivity contribution in [2.45, 2.75) is 11.8 Å². The summed E-state index contributed by atoms with van der Waals surface area (Å²) in [4.78, 5) is 28.0. The predicted octanol–water partition coefficient (Wildman–Crippen LogP) is 1.53. The highest BCUT2D eigenvalue weighted by atomic mass is 32.2. The van der Waals surface area contributed by atoms with E-state index in [1.807, 2.05) is 16.7 Å². The van der Waals surface area contributed by atoms with Crippen LogP contribution in [0.25, 0.3) is 0 Å². The Bertz CT molecular complexity index is 1130. The molecule has 0 N–H and O–H groups in total. The van der Waals surface area contributed by atoms with Gasteiger partial charge < -0.3 is 19.1 Å². The van der Waals surface area contributed by atoms with E-state index < -0.39 is 26.7 Å². The van der Waals surface area contributed by atoms with Crippen LogP contribution in [0.5, 0.6) is 0 Å². The summed E-state index contributed by atoms with van der Waals surface area (Å²) in [7, 11) is -3.82. The van der Waals surface area contributed by atoms with Crippen LogP contribution in [0.3, 0.4) is 0 Å². The fraction of sp³-hybridized carbons (Fsp3) is 0.333. The molecule has 30 heavy (non-hydrogen) atoms. The molecule has 1 fully saturated rings. The molecule has 12 heteroatoms. The van der Waals surface area contributed by atoms with E-state index in [1.54, 1.807) is 18.2 Å². The van der Waals surface area contributed by atoms with Gasteiger partial charge in [0.15, 0.2) is 5.76 Å². The van der Waals surface area contributed by atoms with E-state index in [9.17, 15) is 23.3 Å². The number of carbonyl (C=O) groups excluding carboxylic acids is 1. The summed E-state index contributed by atoms with van der Waals surface area (Å²) in [5.74, 6) is -0.705. The summed E-state index contributed by atoms with van der Waals surface area (Å²) in [6.07, 6.45) is 0. The van der Waals surface area contributed by atoms with Gasteiger partial charge in [-0.1, -0.05) is 12.1 Å². The minimum absolute atomic E-state index is 0.100. The summed E-state index contributed by atoms with van der Waals surface area (Å²) in [5.41, 5.74) is 0.575. The van der Waals surface area contributed by atoms with Crippen LogP contribution in [0.4, 0.5) is 11.6 Å². The first kappa shape index (κ1) is 19.9. The number of hydrogen-bond donors (Lipinski definition) is 0. The van der Waals surface area contributed by atoms with E-state index in [4.69, 9.17) is 4.42 Å². The summed E-state index contributed by atoms with van der Waals surface area (Å²) >= 11 is 0. The lowest BCUT2D eigenvalue weighted by Crippen LogP contribution is -2.55. The average Bonchev–Trinajstić information content (AvgIpc) is 3.24. The Morgan fingerprint density at radius 2 is 1.87 bits per heavy atom. The van der Waals surface area contributed by atoms with E-state index in [0.29, 0.717) is 44.4 Å². The molecule has 1 saturated heterocycles. The molecule has 158 valence electrons. The fourth-order valence-corrected chi connectivity index (χ4v) is 4.78. The molecular formula is C18H19N5O6S. The number of anilines is 1. The van der Waals surface area contributed by atoms with Gasteiger partial charge in [-0.05, 0) is 25.1 Å². The van der Waals surface area contributed by atoms with E-state index in [2.05, 4.69) is 4.40 Å². The second-order valence-corrected chi connectivity index (χ2v) is 8.33. The van der Waals surface area contributed by atoms with Crippen molar-refractivity contribution in [1.29, 1.82) is 0 Å². The lowest BCUT2D eigenvalue weighted by atomic mass is 10.2. The molecule has 0 aliphatic carbocycles. The molecule has 4 rings (SSSR count). The number of furan rings is 1. The lowest BCUT2D eigenvalue weighted by Gasteiger charge is -2.40. The topological polar surface area (TPSA) is 130 Å². The first-order chi connectivity index (χ1) is 14.3. The van der Waals surface area contributed by atoms with Crippen molar-refractivity contribution in [3.63, 3.8) is 0 Å². The molecule has 3 heterocycles. The monoisotopic (exact) mass is 433 g/mol. The first-order valence-corrected chi connectivity index (χ1v) is 10.8. The zero-order chi connectivity index (χ0) is 21.5. The number of hydrogen-bond acceptors (Lipinski definition) is 8. The molecule has 0 bridgehead atoms. The zero-order valence-corrected chi connectivity index (χ0v) is 16.9.